The van der Waals surface area contributed by atoms with Crippen molar-refractivity contribution in [3.8, 4) is 11.5 Å². The number of methoxy groups -OCH3 is 2. The fraction of sp³-hybridized carbons (Fsp3) is 0.0741. The summed E-state index contributed by atoms with van der Waals surface area (Å²) < 4.78 is 14.5. The molecule has 0 fully saturated rings. The van der Waals surface area contributed by atoms with Gasteiger partial charge in [0.15, 0.2) is 0 Å². The van der Waals surface area contributed by atoms with Gasteiger partial charge in [0.05, 0.1) is 47.8 Å². The van der Waals surface area contributed by atoms with Crippen LogP contribution in [-0.2, 0) is 0 Å². The van der Waals surface area contributed by atoms with Gasteiger partial charge in [0.25, 0.3) is 0 Å². The summed E-state index contributed by atoms with van der Waals surface area (Å²) >= 11 is 0. The summed E-state index contributed by atoms with van der Waals surface area (Å²) in [5, 5.41) is 9.65. The molecule has 0 aliphatic carbocycles. The van der Waals surface area contributed by atoms with Crippen LogP contribution in [0.5, 0.6) is 11.5 Å². The topological polar surface area (TPSA) is 29.4 Å². The highest BCUT2D eigenvalue weighted by atomic mass is 16.5. The minimum atomic E-state index is 0.813. The van der Waals surface area contributed by atoms with Gasteiger partial charge in [-0.3, -0.25) is 0 Å². The van der Waals surface area contributed by atoms with Crippen LogP contribution >= 0.6 is 0 Å². The number of para-hydroxylation sites is 4. The van der Waals surface area contributed by atoms with Crippen LogP contribution in [0, 0.1) is 13.8 Å². The van der Waals surface area contributed by atoms with Gasteiger partial charge in [-0.05, 0) is 109 Å². The van der Waals surface area contributed by atoms with Crippen molar-refractivity contribution in [2.24, 2.45) is 0 Å². The average molecular weight is 764 g/mol. The van der Waals surface area contributed by atoms with Crippen LogP contribution in [0.2, 0.25) is 0 Å². The Morgan fingerprint density at radius 3 is 1.66 bits per heavy atom. The molecule has 0 unspecified atom stereocenters. The number of aryl methyl sites for hydroxylation is 2. The van der Waals surface area contributed by atoms with E-state index in [1.54, 1.807) is 14.2 Å². The average Bonchev–Trinajstić information content (AvgIpc) is 3.80. The molecule has 0 saturated carbocycles. The number of aromatic nitrogens is 1. The van der Waals surface area contributed by atoms with E-state index in [2.05, 4.69) is 180 Å². The van der Waals surface area contributed by atoms with E-state index in [0.717, 1.165) is 51.0 Å². The van der Waals surface area contributed by atoms with Crippen molar-refractivity contribution in [1.29, 1.82) is 0 Å². The van der Waals surface area contributed by atoms with Crippen LogP contribution in [0.25, 0.3) is 59.6 Å². The smallest absolute Gasteiger partial charge is 0.142 e. The second-order valence-corrected chi connectivity index (χ2v) is 15.5. The van der Waals surface area contributed by atoms with Crippen molar-refractivity contribution in [2.75, 3.05) is 24.0 Å². The van der Waals surface area contributed by atoms with Gasteiger partial charge in [0.2, 0.25) is 0 Å². The molecule has 0 amide bonds. The number of hydrogen-bond donors (Lipinski definition) is 0. The quantitative estimate of drug-likeness (QED) is 0.154. The molecule has 59 heavy (non-hydrogen) atoms. The minimum absolute atomic E-state index is 0.813. The van der Waals surface area contributed by atoms with Crippen LogP contribution in [-0.4, -0.2) is 18.6 Å². The van der Waals surface area contributed by atoms with Crippen molar-refractivity contribution in [3.63, 3.8) is 0 Å². The maximum absolute atomic E-state index is 6.03. The minimum Gasteiger partial charge on any atom is -0.495 e. The van der Waals surface area contributed by atoms with Crippen LogP contribution in [0.15, 0.2) is 176 Å². The lowest BCUT2D eigenvalue weighted by Gasteiger charge is -2.28. The summed E-state index contributed by atoms with van der Waals surface area (Å²) in [6.45, 7) is 4.26. The summed E-state index contributed by atoms with van der Waals surface area (Å²) in [6.07, 6.45) is 0. The van der Waals surface area contributed by atoms with E-state index in [9.17, 15) is 0 Å². The summed E-state index contributed by atoms with van der Waals surface area (Å²) in [4.78, 5) is 4.65. The number of fused-ring (bicyclic) bond motifs is 9. The Morgan fingerprint density at radius 2 is 0.966 bits per heavy atom. The highest BCUT2D eigenvalue weighted by Crippen LogP contribution is 2.50. The summed E-state index contributed by atoms with van der Waals surface area (Å²) in [7, 11) is 3.49. The molecule has 0 aliphatic heterocycles. The molecule has 5 heteroatoms. The number of rotatable bonds is 8. The highest BCUT2D eigenvalue weighted by Gasteiger charge is 2.27. The van der Waals surface area contributed by atoms with Crippen LogP contribution in [0.4, 0.5) is 34.1 Å². The number of hydrogen-bond acceptors (Lipinski definition) is 4. The molecule has 9 aromatic carbocycles. The van der Waals surface area contributed by atoms with Crippen LogP contribution in [0.1, 0.15) is 11.1 Å². The molecule has 2 heterocycles. The molecule has 0 N–H and O–H groups in total. The Morgan fingerprint density at radius 1 is 0.390 bits per heavy atom. The van der Waals surface area contributed by atoms with Gasteiger partial charge in [0, 0.05) is 44.0 Å². The molecule has 11 rings (SSSR count). The second-order valence-electron chi connectivity index (χ2n) is 15.5. The van der Waals surface area contributed by atoms with Crippen molar-refractivity contribution < 1.29 is 9.47 Å². The fourth-order valence-electron chi connectivity index (χ4n) is 9.20. The van der Waals surface area contributed by atoms with Gasteiger partial charge in [-0.2, -0.15) is 0 Å². The van der Waals surface area contributed by atoms with E-state index >= 15 is 0 Å². The Kier molecular flexibility index (Phi) is 7.99. The molecule has 2 aromatic heterocycles. The third-order valence-corrected chi connectivity index (χ3v) is 12.0. The lowest BCUT2D eigenvalue weighted by molar-refractivity contribution is 0.416. The first-order valence-corrected chi connectivity index (χ1v) is 20.1. The third kappa shape index (κ3) is 5.39. The Bertz CT molecular complexity index is 3380. The molecule has 284 valence electrons. The molecule has 0 saturated heterocycles. The van der Waals surface area contributed by atoms with Gasteiger partial charge >= 0.3 is 0 Å². The zero-order valence-corrected chi connectivity index (χ0v) is 33.4. The zero-order chi connectivity index (χ0) is 39.8. The first kappa shape index (κ1) is 34.7. The molecular formula is C54H41N3O2. The molecule has 0 bridgehead atoms. The van der Waals surface area contributed by atoms with Gasteiger partial charge in [0.1, 0.15) is 11.5 Å². The molecule has 5 nitrogen and oxygen atoms in total. The number of ether oxygens (including phenoxy) is 2. The largest absolute Gasteiger partial charge is 0.495 e. The normalized spacial score (nSPS) is 11.7. The third-order valence-electron chi connectivity index (χ3n) is 12.0. The predicted octanol–water partition coefficient (Wildman–Crippen LogP) is 14.7. The molecule has 0 atom stereocenters. The van der Waals surface area contributed by atoms with E-state index in [1.165, 1.54) is 65.4 Å². The first-order valence-electron chi connectivity index (χ1n) is 20.1. The van der Waals surface area contributed by atoms with Crippen LogP contribution < -0.4 is 19.3 Å². The Balaban J connectivity index is 1.22. The second kappa shape index (κ2) is 13.6. The number of benzene rings is 9. The van der Waals surface area contributed by atoms with E-state index in [0.29, 0.717) is 0 Å². The molecule has 11 aromatic rings. The summed E-state index contributed by atoms with van der Waals surface area (Å²) in [6, 6.07) is 63.6. The number of anilines is 6. The molecule has 0 aliphatic rings. The van der Waals surface area contributed by atoms with E-state index in [1.807, 2.05) is 24.3 Å². The van der Waals surface area contributed by atoms with E-state index in [-0.39, 0.29) is 0 Å². The Hall–Kier alpha value is -7.50. The maximum Gasteiger partial charge on any atom is 0.142 e. The van der Waals surface area contributed by atoms with Crippen molar-refractivity contribution in [3.05, 3.63) is 187 Å². The fourth-order valence-corrected chi connectivity index (χ4v) is 9.20. The van der Waals surface area contributed by atoms with Gasteiger partial charge in [-0.15, -0.1) is 0 Å². The highest BCUT2D eigenvalue weighted by molar-refractivity contribution is 6.31. The van der Waals surface area contributed by atoms with Crippen molar-refractivity contribution in [2.45, 2.75) is 13.8 Å². The zero-order valence-electron chi connectivity index (χ0n) is 33.4. The van der Waals surface area contributed by atoms with Gasteiger partial charge in [-0.1, -0.05) is 108 Å². The standard InChI is InChI=1S/C54H41N3O2/c1-34-17-23-39(24-18-34)55(46-13-7-9-15-50(46)58-3)41-27-21-37-32-45-43-29-30-48(56(40-25-19-35(2)20-26-40)47-14-8-10-16-51(47)59-4)52-44-28-22-36-11-5-6-12-42(36)53(44)57(54(43)52)49(45)33-38(37)31-41/h5-33H,1-4H3. The lowest BCUT2D eigenvalue weighted by atomic mass is 10.00. The van der Waals surface area contributed by atoms with Gasteiger partial charge < -0.3 is 23.7 Å². The lowest BCUT2D eigenvalue weighted by Crippen LogP contribution is -2.11. The monoisotopic (exact) mass is 763 g/mol. The van der Waals surface area contributed by atoms with E-state index < -0.39 is 0 Å². The first-order chi connectivity index (χ1) is 29.0. The maximum atomic E-state index is 6.03. The van der Waals surface area contributed by atoms with E-state index in [4.69, 9.17) is 9.47 Å². The summed E-state index contributed by atoms with van der Waals surface area (Å²) in [5.41, 5.74) is 12.3. The Labute approximate surface area is 342 Å². The number of nitrogens with zero attached hydrogens (tertiary/aromatic N) is 3. The molecule has 0 spiro atoms. The molecule has 0 radical (unpaired) electrons. The van der Waals surface area contributed by atoms with Crippen molar-refractivity contribution in [1.82, 2.24) is 4.40 Å². The van der Waals surface area contributed by atoms with Gasteiger partial charge in [-0.25, -0.2) is 0 Å². The van der Waals surface area contributed by atoms with Crippen LogP contribution in [0.3, 0.4) is 0 Å². The predicted molar refractivity (Wildman–Crippen MR) is 248 cm³/mol. The SMILES string of the molecule is COc1ccccc1N(c1ccc(C)cc1)c1ccc2cc3c4ccc(N(c5ccc(C)cc5)c5ccccc5OC)c5c6ccc7ccccc7c6n(c3cc2c1)c45. The van der Waals surface area contributed by atoms with Crippen molar-refractivity contribution >= 4 is 93.8 Å². The summed E-state index contributed by atoms with van der Waals surface area (Å²) in [5.74, 6) is 1.63. The molecular weight excluding hydrogens is 723 g/mol.